The third-order valence-electron chi connectivity index (χ3n) is 3.86. The Labute approximate surface area is 150 Å². The molecule has 134 valence electrons. The number of carbonyl (C=O) groups excluding carboxylic acids is 3. The smallest absolute Gasteiger partial charge is 0.341 e. The molecule has 0 spiro atoms. The summed E-state index contributed by atoms with van der Waals surface area (Å²) >= 11 is 1.50. The number of ether oxygens (including phenoxy) is 1. The largest absolute Gasteiger partial charge is 0.452 e. The number of imide groups is 1. The topological polar surface area (TPSA) is 89.4 Å². The highest BCUT2D eigenvalue weighted by atomic mass is 32.1. The van der Waals surface area contributed by atoms with Crippen molar-refractivity contribution in [2.24, 2.45) is 0 Å². The Morgan fingerprint density at radius 1 is 1.12 bits per heavy atom. The SMILES string of the molecule is CNC(=O)NC(=O)COC(=O)c1c(-n2c(C)ccc2C)sc(C)c1C. The highest BCUT2D eigenvalue weighted by molar-refractivity contribution is 7.15. The zero-order valence-electron chi connectivity index (χ0n) is 14.9. The predicted octanol–water partition coefficient (Wildman–Crippen LogP) is 2.38. The van der Waals surface area contributed by atoms with Crippen molar-refractivity contribution in [3.05, 3.63) is 39.5 Å². The van der Waals surface area contributed by atoms with Crippen molar-refractivity contribution in [2.45, 2.75) is 27.7 Å². The van der Waals surface area contributed by atoms with Crippen LogP contribution in [0, 0.1) is 27.7 Å². The van der Waals surface area contributed by atoms with Crippen molar-refractivity contribution in [3.8, 4) is 5.00 Å². The normalized spacial score (nSPS) is 10.4. The van der Waals surface area contributed by atoms with Crippen molar-refractivity contribution in [3.63, 3.8) is 0 Å². The van der Waals surface area contributed by atoms with E-state index in [4.69, 9.17) is 4.74 Å². The Morgan fingerprint density at radius 2 is 1.72 bits per heavy atom. The summed E-state index contributed by atoms with van der Waals surface area (Å²) in [5.41, 5.74) is 3.28. The fourth-order valence-corrected chi connectivity index (χ4v) is 3.69. The van der Waals surface area contributed by atoms with Gasteiger partial charge in [-0.25, -0.2) is 9.59 Å². The molecule has 0 radical (unpaired) electrons. The van der Waals surface area contributed by atoms with Crippen LogP contribution in [0.25, 0.3) is 5.00 Å². The molecule has 0 bridgehead atoms. The molecule has 0 aliphatic carbocycles. The van der Waals surface area contributed by atoms with Gasteiger partial charge in [0.2, 0.25) is 0 Å². The number of aryl methyl sites for hydroxylation is 3. The van der Waals surface area contributed by atoms with Crippen LogP contribution in [-0.4, -0.2) is 36.1 Å². The van der Waals surface area contributed by atoms with Crippen molar-refractivity contribution in [1.82, 2.24) is 15.2 Å². The minimum atomic E-state index is -0.688. The van der Waals surface area contributed by atoms with E-state index in [1.165, 1.54) is 18.4 Å². The summed E-state index contributed by atoms with van der Waals surface area (Å²) in [5.74, 6) is -1.27. The molecule has 0 atom stereocenters. The number of aromatic nitrogens is 1. The number of hydrogen-bond acceptors (Lipinski definition) is 5. The highest BCUT2D eigenvalue weighted by Gasteiger charge is 2.24. The molecule has 25 heavy (non-hydrogen) atoms. The van der Waals surface area contributed by atoms with Crippen LogP contribution in [0.1, 0.15) is 32.2 Å². The van der Waals surface area contributed by atoms with Gasteiger partial charge >= 0.3 is 12.0 Å². The van der Waals surface area contributed by atoms with Crippen LogP contribution < -0.4 is 10.6 Å². The van der Waals surface area contributed by atoms with E-state index >= 15 is 0 Å². The van der Waals surface area contributed by atoms with Gasteiger partial charge in [0.1, 0.15) is 5.00 Å². The van der Waals surface area contributed by atoms with Gasteiger partial charge in [-0.3, -0.25) is 10.1 Å². The predicted molar refractivity (Wildman–Crippen MR) is 95.5 cm³/mol. The molecule has 0 aromatic carbocycles. The van der Waals surface area contributed by atoms with Crippen LogP contribution in [0.5, 0.6) is 0 Å². The number of esters is 1. The number of thiophene rings is 1. The Bertz CT molecular complexity index is 816. The summed E-state index contributed by atoms with van der Waals surface area (Å²) in [4.78, 5) is 36.3. The van der Waals surface area contributed by atoms with Gasteiger partial charge in [-0.2, -0.15) is 0 Å². The van der Waals surface area contributed by atoms with E-state index in [0.717, 1.165) is 26.8 Å². The fourth-order valence-electron chi connectivity index (χ4n) is 2.42. The van der Waals surface area contributed by atoms with Crippen LogP contribution in [0.2, 0.25) is 0 Å². The molecule has 0 aliphatic heterocycles. The second-order valence-electron chi connectivity index (χ2n) is 5.62. The average molecular weight is 363 g/mol. The number of hydrogen-bond donors (Lipinski definition) is 2. The molecule has 7 nitrogen and oxygen atoms in total. The third-order valence-corrected chi connectivity index (χ3v) is 5.05. The van der Waals surface area contributed by atoms with E-state index in [-0.39, 0.29) is 0 Å². The van der Waals surface area contributed by atoms with Crippen LogP contribution in [0.3, 0.4) is 0 Å². The maximum Gasteiger partial charge on any atom is 0.341 e. The van der Waals surface area contributed by atoms with E-state index in [1.54, 1.807) is 0 Å². The first-order valence-electron chi connectivity index (χ1n) is 7.70. The van der Waals surface area contributed by atoms with Gasteiger partial charge in [-0.05, 0) is 45.4 Å². The monoisotopic (exact) mass is 363 g/mol. The molecule has 2 N–H and O–H groups in total. The molecule has 3 amide bonds. The van der Waals surface area contributed by atoms with Gasteiger partial charge in [0.05, 0.1) is 5.56 Å². The van der Waals surface area contributed by atoms with E-state index in [9.17, 15) is 14.4 Å². The summed E-state index contributed by atoms with van der Waals surface area (Å²) in [6, 6.07) is 3.31. The van der Waals surface area contributed by atoms with Crippen molar-refractivity contribution < 1.29 is 19.1 Å². The first-order chi connectivity index (χ1) is 11.8. The number of amides is 3. The lowest BCUT2D eigenvalue weighted by atomic mass is 10.1. The van der Waals surface area contributed by atoms with Crippen LogP contribution >= 0.6 is 11.3 Å². The standard InChI is InChI=1S/C17H21N3O4S/c1-9-6-7-10(2)20(9)15-14(11(3)12(4)25-15)16(22)24-8-13(21)19-17(23)18-5/h6-7H,8H2,1-5H3,(H2,18,19,21,23). The number of nitrogens with one attached hydrogen (secondary N) is 2. The van der Waals surface area contributed by atoms with Gasteiger partial charge in [0.25, 0.3) is 5.91 Å². The van der Waals surface area contributed by atoms with E-state index < -0.39 is 24.5 Å². The van der Waals surface area contributed by atoms with Crippen molar-refractivity contribution in [2.75, 3.05) is 13.7 Å². The van der Waals surface area contributed by atoms with Gasteiger partial charge in [0, 0.05) is 23.3 Å². The Morgan fingerprint density at radius 3 is 2.28 bits per heavy atom. The number of urea groups is 1. The zero-order valence-corrected chi connectivity index (χ0v) is 15.7. The number of nitrogens with zero attached hydrogens (tertiary/aromatic N) is 1. The molecule has 2 aromatic rings. The third kappa shape index (κ3) is 3.90. The van der Waals surface area contributed by atoms with E-state index in [1.807, 2.05) is 49.7 Å². The second kappa shape index (κ2) is 7.52. The average Bonchev–Trinajstić information content (AvgIpc) is 3.04. The molecule has 2 aromatic heterocycles. The van der Waals surface area contributed by atoms with Gasteiger partial charge < -0.3 is 14.6 Å². The zero-order chi connectivity index (χ0) is 18.7. The van der Waals surface area contributed by atoms with Gasteiger partial charge in [0.15, 0.2) is 6.61 Å². The lowest BCUT2D eigenvalue weighted by Crippen LogP contribution is -2.39. The number of rotatable bonds is 4. The van der Waals surface area contributed by atoms with E-state index in [2.05, 4.69) is 5.32 Å². The second-order valence-corrected chi connectivity index (χ2v) is 6.82. The summed E-state index contributed by atoms with van der Waals surface area (Å²) in [6.45, 7) is 7.19. The fraction of sp³-hybridized carbons (Fsp3) is 0.353. The maximum absolute atomic E-state index is 12.6. The van der Waals surface area contributed by atoms with Crippen LogP contribution in [0.4, 0.5) is 4.79 Å². The minimum absolute atomic E-state index is 0.442. The first kappa shape index (κ1) is 18.7. The summed E-state index contributed by atoms with van der Waals surface area (Å²) in [5, 5.41) is 5.07. The maximum atomic E-state index is 12.6. The molecule has 0 saturated carbocycles. The molecule has 8 heteroatoms. The molecule has 0 unspecified atom stereocenters. The van der Waals surface area contributed by atoms with Crippen LogP contribution in [-0.2, 0) is 9.53 Å². The Kier molecular flexibility index (Phi) is 5.63. The Balaban J connectivity index is 2.26. The van der Waals surface area contributed by atoms with E-state index in [0.29, 0.717) is 5.56 Å². The Hall–Kier alpha value is -2.61. The first-order valence-corrected chi connectivity index (χ1v) is 8.51. The summed E-state index contributed by atoms with van der Waals surface area (Å²) in [6.07, 6.45) is 0. The van der Waals surface area contributed by atoms with Gasteiger partial charge in [-0.1, -0.05) is 0 Å². The van der Waals surface area contributed by atoms with Crippen LogP contribution in [0.15, 0.2) is 12.1 Å². The summed E-state index contributed by atoms with van der Waals surface area (Å²) in [7, 11) is 1.39. The van der Waals surface area contributed by atoms with Gasteiger partial charge in [-0.15, -0.1) is 11.3 Å². The molecule has 0 fully saturated rings. The highest BCUT2D eigenvalue weighted by Crippen LogP contribution is 2.33. The number of carbonyl (C=O) groups is 3. The van der Waals surface area contributed by atoms with Crippen molar-refractivity contribution in [1.29, 1.82) is 0 Å². The molecule has 0 aliphatic rings. The lowest BCUT2D eigenvalue weighted by Gasteiger charge is -2.11. The quantitative estimate of drug-likeness (QED) is 0.816. The van der Waals surface area contributed by atoms with Crippen molar-refractivity contribution >= 4 is 29.2 Å². The molecular formula is C17H21N3O4S. The molecule has 0 saturated heterocycles. The molecule has 2 rings (SSSR count). The summed E-state index contributed by atoms with van der Waals surface area (Å²) < 4.78 is 7.10. The molecule has 2 heterocycles. The lowest BCUT2D eigenvalue weighted by molar-refractivity contribution is -0.123. The molecular weight excluding hydrogens is 342 g/mol. The minimum Gasteiger partial charge on any atom is -0.452 e.